The summed E-state index contributed by atoms with van der Waals surface area (Å²) in [7, 11) is 0. The molecule has 4 nitrogen and oxygen atoms in total. The van der Waals surface area contributed by atoms with E-state index < -0.39 is 11.9 Å². The molecule has 0 atom stereocenters. The van der Waals surface area contributed by atoms with Gasteiger partial charge in [0.25, 0.3) is 0 Å². The van der Waals surface area contributed by atoms with E-state index in [-0.39, 0.29) is 12.8 Å². The highest BCUT2D eigenvalue weighted by atomic mass is 16.4. The normalized spacial score (nSPS) is 11.1. The molecule has 1 rings (SSSR count). The molecule has 0 saturated carbocycles. The molecule has 0 aliphatic heterocycles. The molecule has 0 heterocycles. The Kier molecular flexibility index (Phi) is 4.27. The highest BCUT2D eigenvalue weighted by molar-refractivity contribution is 5.90. The zero-order chi connectivity index (χ0) is 12.0. The second kappa shape index (κ2) is 5.70. The fourth-order valence-electron chi connectivity index (χ4n) is 1.34. The summed E-state index contributed by atoms with van der Waals surface area (Å²) in [6.45, 7) is 0. The Morgan fingerprint density at radius 1 is 1.06 bits per heavy atom. The smallest absolute Gasteiger partial charge is 0.328 e. The Morgan fingerprint density at radius 2 is 1.69 bits per heavy atom. The van der Waals surface area contributed by atoms with E-state index in [1.165, 1.54) is 0 Å². The van der Waals surface area contributed by atoms with Gasteiger partial charge in [0.1, 0.15) is 0 Å². The quantitative estimate of drug-likeness (QED) is 0.744. The molecular formula is C12H12O4. The number of rotatable bonds is 5. The number of hydrogen-bond acceptors (Lipinski definition) is 2. The summed E-state index contributed by atoms with van der Waals surface area (Å²) in [6, 6.07) is 8.91. The summed E-state index contributed by atoms with van der Waals surface area (Å²) < 4.78 is 0. The summed E-state index contributed by atoms with van der Waals surface area (Å²) in [5.41, 5.74) is 1.27. The van der Waals surface area contributed by atoms with E-state index in [9.17, 15) is 9.59 Å². The van der Waals surface area contributed by atoms with Gasteiger partial charge in [-0.2, -0.15) is 0 Å². The first kappa shape index (κ1) is 12.0. The number of hydrogen-bond donors (Lipinski definition) is 2. The molecule has 0 radical (unpaired) electrons. The topological polar surface area (TPSA) is 74.6 Å². The van der Waals surface area contributed by atoms with Crippen LogP contribution in [0, 0.1) is 0 Å². The van der Waals surface area contributed by atoms with Crippen LogP contribution in [0.1, 0.15) is 18.4 Å². The van der Waals surface area contributed by atoms with Crippen LogP contribution in [0.25, 0.3) is 5.57 Å². The molecule has 0 fully saturated rings. The third kappa shape index (κ3) is 3.96. The molecule has 4 heteroatoms. The second-order valence-electron chi connectivity index (χ2n) is 3.27. The van der Waals surface area contributed by atoms with Crippen LogP contribution in [0.3, 0.4) is 0 Å². The molecule has 0 amide bonds. The van der Waals surface area contributed by atoms with Gasteiger partial charge < -0.3 is 10.2 Å². The largest absolute Gasteiger partial charge is 0.481 e. The van der Waals surface area contributed by atoms with Gasteiger partial charge in [0.05, 0.1) is 0 Å². The molecule has 1 aromatic rings. The maximum atomic E-state index is 10.6. The second-order valence-corrected chi connectivity index (χ2v) is 3.27. The van der Waals surface area contributed by atoms with Crippen LogP contribution in [-0.2, 0) is 9.59 Å². The van der Waals surface area contributed by atoms with Crippen molar-refractivity contribution in [1.29, 1.82) is 0 Å². The highest BCUT2D eigenvalue weighted by Gasteiger charge is 2.06. The van der Waals surface area contributed by atoms with E-state index >= 15 is 0 Å². The van der Waals surface area contributed by atoms with Crippen LogP contribution in [0.5, 0.6) is 0 Å². The predicted octanol–water partition coefficient (Wildman–Crippen LogP) is 2.02. The van der Waals surface area contributed by atoms with Crippen LogP contribution in [-0.4, -0.2) is 22.2 Å². The van der Waals surface area contributed by atoms with E-state index in [4.69, 9.17) is 10.2 Å². The van der Waals surface area contributed by atoms with Gasteiger partial charge in [-0.25, -0.2) is 4.79 Å². The Labute approximate surface area is 92.8 Å². The number of carbonyl (C=O) groups is 2. The number of allylic oxidation sites excluding steroid dienone is 1. The molecule has 0 saturated heterocycles. The van der Waals surface area contributed by atoms with Gasteiger partial charge in [0.2, 0.25) is 0 Å². The Balaban J connectivity index is 2.88. The molecule has 84 valence electrons. The van der Waals surface area contributed by atoms with Crippen LogP contribution in [0.4, 0.5) is 0 Å². The summed E-state index contributed by atoms with van der Waals surface area (Å²) in [5.74, 6) is -2.00. The average molecular weight is 220 g/mol. The lowest BCUT2D eigenvalue weighted by Gasteiger charge is -2.04. The number of carboxylic acids is 2. The lowest BCUT2D eigenvalue weighted by Crippen LogP contribution is -1.98. The lowest BCUT2D eigenvalue weighted by atomic mass is 10.0. The standard InChI is InChI=1S/C12H12O4/c13-11(14)7-6-10(8-12(15)16)9-4-2-1-3-5-9/h1-5,8H,6-7H2,(H,13,14)(H,15,16)/b10-8-. The number of aliphatic carboxylic acids is 2. The van der Waals surface area contributed by atoms with Crippen molar-refractivity contribution in [3.63, 3.8) is 0 Å². The SMILES string of the molecule is O=C(O)/C=C(/CCC(=O)O)c1ccccc1. The zero-order valence-corrected chi connectivity index (χ0v) is 8.59. The van der Waals surface area contributed by atoms with Gasteiger partial charge in [-0.3, -0.25) is 4.79 Å². The van der Waals surface area contributed by atoms with Crippen LogP contribution in [0.15, 0.2) is 36.4 Å². The van der Waals surface area contributed by atoms with E-state index in [1.54, 1.807) is 24.3 Å². The van der Waals surface area contributed by atoms with Gasteiger partial charge >= 0.3 is 11.9 Å². The number of carboxylic acid groups (broad SMARTS) is 2. The van der Waals surface area contributed by atoms with Crippen molar-refractivity contribution in [3.05, 3.63) is 42.0 Å². The van der Waals surface area contributed by atoms with E-state index in [0.29, 0.717) is 5.57 Å². The van der Waals surface area contributed by atoms with Crippen molar-refractivity contribution in [2.45, 2.75) is 12.8 Å². The molecule has 2 N–H and O–H groups in total. The predicted molar refractivity (Wildman–Crippen MR) is 58.9 cm³/mol. The van der Waals surface area contributed by atoms with Crippen molar-refractivity contribution in [2.75, 3.05) is 0 Å². The third-order valence-electron chi connectivity index (χ3n) is 2.05. The molecule has 0 bridgehead atoms. The molecule has 0 aliphatic rings. The highest BCUT2D eigenvalue weighted by Crippen LogP contribution is 2.19. The molecular weight excluding hydrogens is 208 g/mol. The van der Waals surface area contributed by atoms with Crippen molar-refractivity contribution in [1.82, 2.24) is 0 Å². The van der Waals surface area contributed by atoms with Gasteiger partial charge in [-0.15, -0.1) is 0 Å². The minimum Gasteiger partial charge on any atom is -0.481 e. The van der Waals surface area contributed by atoms with E-state index in [1.807, 2.05) is 6.07 Å². The fourth-order valence-corrected chi connectivity index (χ4v) is 1.34. The Morgan fingerprint density at radius 3 is 2.19 bits per heavy atom. The maximum Gasteiger partial charge on any atom is 0.328 e. The first-order valence-electron chi connectivity index (χ1n) is 4.80. The molecule has 16 heavy (non-hydrogen) atoms. The van der Waals surface area contributed by atoms with Gasteiger partial charge in [0, 0.05) is 12.5 Å². The first-order chi connectivity index (χ1) is 7.59. The summed E-state index contributed by atoms with van der Waals surface area (Å²) in [5, 5.41) is 17.3. The minimum atomic E-state index is -1.07. The molecule has 0 aromatic heterocycles. The van der Waals surface area contributed by atoms with Gasteiger partial charge in [0.15, 0.2) is 0 Å². The first-order valence-corrected chi connectivity index (χ1v) is 4.80. The number of benzene rings is 1. The van der Waals surface area contributed by atoms with Gasteiger partial charge in [-0.05, 0) is 17.6 Å². The third-order valence-corrected chi connectivity index (χ3v) is 2.05. The Hall–Kier alpha value is -2.10. The van der Waals surface area contributed by atoms with Gasteiger partial charge in [-0.1, -0.05) is 30.3 Å². The summed E-state index contributed by atoms with van der Waals surface area (Å²) >= 11 is 0. The van der Waals surface area contributed by atoms with Crippen LogP contribution >= 0.6 is 0 Å². The molecule has 0 aliphatic carbocycles. The van der Waals surface area contributed by atoms with Crippen LogP contribution in [0.2, 0.25) is 0 Å². The molecule has 0 unspecified atom stereocenters. The molecule has 1 aromatic carbocycles. The molecule has 0 spiro atoms. The lowest BCUT2D eigenvalue weighted by molar-refractivity contribution is -0.137. The van der Waals surface area contributed by atoms with Crippen LogP contribution < -0.4 is 0 Å². The van der Waals surface area contributed by atoms with Crippen molar-refractivity contribution in [3.8, 4) is 0 Å². The minimum absolute atomic E-state index is 0.0754. The Bertz CT molecular complexity index is 406. The van der Waals surface area contributed by atoms with Crippen molar-refractivity contribution < 1.29 is 19.8 Å². The van der Waals surface area contributed by atoms with Crippen molar-refractivity contribution in [2.24, 2.45) is 0 Å². The van der Waals surface area contributed by atoms with E-state index in [0.717, 1.165) is 11.6 Å². The van der Waals surface area contributed by atoms with E-state index in [2.05, 4.69) is 0 Å². The summed E-state index contributed by atoms with van der Waals surface area (Å²) in [4.78, 5) is 21.1. The maximum absolute atomic E-state index is 10.6. The zero-order valence-electron chi connectivity index (χ0n) is 8.59. The summed E-state index contributed by atoms with van der Waals surface area (Å²) in [6.07, 6.45) is 1.19. The van der Waals surface area contributed by atoms with Crippen molar-refractivity contribution >= 4 is 17.5 Å². The average Bonchev–Trinajstić information content (AvgIpc) is 2.25. The monoisotopic (exact) mass is 220 g/mol. The fraction of sp³-hybridized carbons (Fsp3) is 0.167.